The van der Waals surface area contributed by atoms with Crippen molar-refractivity contribution in [1.82, 2.24) is 0 Å². The zero-order chi connectivity index (χ0) is 13.3. The number of nitro benzene ring substituents is 1. The molecule has 1 saturated heterocycles. The molecule has 7 heteroatoms. The highest BCUT2D eigenvalue weighted by molar-refractivity contribution is 5.84. The molecule has 0 aromatic heterocycles. The van der Waals surface area contributed by atoms with Gasteiger partial charge in [-0.05, 0) is 18.9 Å². The lowest BCUT2D eigenvalue weighted by molar-refractivity contribution is -0.385. The molecule has 1 amide bonds. The molecule has 1 aliphatic heterocycles. The fourth-order valence-corrected chi connectivity index (χ4v) is 2.20. The van der Waals surface area contributed by atoms with Gasteiger partial charge in [0.1, 0.15) is 11.9 Å². The third kappa shape index (κ3) is 2.24. The summed E-state index contributed by atoms with van der Waals surface area (Å²) in [6.45, 7) is 0.536. The van der Waals surface area contributed by atoms with Crippen LogP contribution in [0.3, 0.4) is 0 Å². The number of rotatable bonds is 3. The number of carbonyl (C=O) groups excluding carboxylic acids is 1. The van der Waals surface area contributed by atoms with E-state index in [0.29, 0.717) is 18.7 Å². The van der Waals surface area contributed by atoms with Crippen molar-refractivity contribution in [2.45, 2.75) is 18.9 Å². The van der Waals surface area contributed by atoms with E-state index in [1.165, 1.54) is 12.1 Å². The van der Waals surface area contributed by atoms with Crippen molar-refractivity contribution in [2.75, 3.05) is 11.4 Å². The number of carbonyl (C=O) groups is 1. The highest BCUT2D eigenvalue weighted by Gasteiger charge is 2.30. The van der Waals surface area contributed by atoms with Gasteiger partial charge in [-0.25, -0.2) is 4.39 Å². The van der Waals surface area contributed by atoms with Crippen molar-refractivity contribution >= 4 is 17.3 Å². The molecule has 0 bridgehead atoms. The molecule has 1 atom stereocenters. The first-order valence-corrected chi connectivity index (χ1v) is 5.50. The van der Waals surface area contributed by atoms with E-state index in [1.54, 1.807) is 4.90 Å². The van der Waals surface area contributed by atoms with Crippen LogP contribution in [0.15, 0.2) is 18.2 Å². The van der Waals surface area contributed by atoms with Crippen LogP contribution in [-0.4, -0.2) is 23.4 Å². The smallest absolute Gasteiger partial charge is 0.274 e. The largest absolute Gasteiger partial charge is 0.368 e. The first-order chi connectivity index (χ1) is 8.49. The van der Waals surface area contributed by atoms with Crippen LogP contribution >= 0.6 is 0 Å². The van der Waals surface area contributed by atoms with E-state index in [4.69, 9.17) is 5.73 Å². The summed E-state index contributed by atoms with van der Waals surface area (Å²) in [6, 6.07) is 2.75. The molecule has 1 fully saturated rings. The quantitative estimate of drug-likeness (QED) is 0.647. The number of anilines is 1. The summed E-state index contributed by atoms with van der Waals surface area (Å²) >= 11 is 0. The summed E-state index contributed by atoms with van der Waals surface area (Å²) in [5, 5.41) is 10.7. The fourth-order valence-electron chi connectivity index (χ4n) is 2.20. The summed E-state index contributed by atoms with van der Waals surface area (Å²) in [5.74, 6) is -1.20. The van der Waals surface area contributed by atoms with Gasteiger partial charge in [-0.3, -0.25) is 14.9 Å². The van der Waals surface area contributed by atoms with Crippen molar-refractivity contribution < 1.29 is 14.1 Å². The zero-order valence-corrected chi connectivity index (χ0v) is 9.51. The van der Waals surface area contributed by atoms with Gasteiger partial charge in [-0.1, -0.05) is 0 Å². The summed E-state index contributed by atoms with van der Waals surface area (Å²) in [4.78, 5) is 22.9. The normalized spacial score (nSPS) is 18.9. The predicted octanol–water partition coefficient (Wildman–Crippen LogP) is 1.19. The lowest BCUT2D eigenvalue weighted by Crippen LogP contribution is -2.40. The van der Waals surface area contributed by atoms with Crippen molar-refractivity contribution in [3.63, 3.8) is 0 Å². The number of halogens is 1. The molecule has 0 radical (unpaired) electrons. The van der Waals surface area contributed by atoms with Gasteiger partial charge in [0, 0.05) is 18.3 Å². The average Bonchev–Trinajstić information content (AvgIpc) is 2.76. The van der Waals surface area contributed by atoms with E-state index in [1.807, 2.05) is 0 Å². The maximum absolute atomic E-state index is 13.3. The summed E-state index contributed by atoms with van der Waals surface area (Å²) in [6.07, 6.45) is 1.33. The van der Waals surface area contributed by atoms with Crippen LogP contribution in [0.4, 0.5) is 15.8 Å². The van der Waals surface area contributed by atoms with Gasteiger partial charge in [-0.15, -0.1) is 0 Å². The third-order valence-electron chi connectivity index (χ3n) is 2.99. The predicted molar refractivity (Wildman–Crippen MR) is 62.6 cm³/mol. The van der Waals surface area contributed by atoms with Crippen LogP contribution in [-0.2, 0) is 4.79 Å². The molecule has 0 aliphatic carbocycles. The van der Waals surface area contributed by atoms with Crippen LogP contribution < -0.4 is 10.6 Å². The first kappa shape index (κ1) is 12.3. The maximum Gasteiger partial charge on any atom is 0.274 e. The van der Waals surface area contributed by atoms with Crippen LogP contribution in [0.25, 0.3) is 0 Å². The Morgan fingerprint density at radius 1 is 1.50 bits per heavy atom. The Morgan fingerprint density at radius 3 is 2.83 bits per heavy atom. The SMILES string of the molecule is NC(=O)C1CCCN1c1cc(F)cc([N+](=O)[O-])c1. The van der Waals surface area contributed by atoms with E-state index in [0.717, 1.165) is 12.5 Å². The summed E-state index contributed by atoms with van der Waals surface area (Å²) < 4.78 is 13.3. The molecular weight excluding hydrogens is 241 g/mol. The number of nitro groups is 1. The van der Waals surface area contributed by atoms with E-state index in [9.17, 15) is 19.3 Å². The number of hydrogen-bond acceptors (Lipinski definition) is 4. The number of nitrogens with zero attached hydrogens (tertiary/aromatic N) is 2. The highest BCUT2D eigenvalue weighted by Crippen LogP contribution is 2.29. The highest BCUT2D eigenvalue weighted by atomic mass is 19.1. The maximum atomic E-state index is 13.3. The molecule has 1 aliphatic rings. The standard InChI is InChI=1S/C11H12FN3O3/c12-7-4-8(6-9(5-7)15(17)18)14-3-1-2-10(14)11(13)16/h4-6,10H,1-3H2,(H2,13,16). The van der Waals surface area contributed by atoms with E-state index in [2.05, 4.69) is 0 Å². The van der Waals surface area contributed by atoms with Crippen LogP contribution in [0.1, 0.15) is 12.8 Å². The molecule has 96 valence electrons. The summed E-state index contributed by atoms with van der Waals surface area (Å²) in [5.41, 5.74) is 5.24. The van der Waals surface area contributed by atoms with Gasteiger partial charge in [-0.2, -0.15) is 0 Å². The second-order valence-electron chi connectivity index (χ2n) is 4.18. The average molecular weight is 253 g/mol. The topological polar surface area (TPSA) is 89.5 Å². The van der Waals surface area contributed by atoms with Crippen molar-refractivity contribution in [3.8, 4) is 0 Å². The second kappa shape index (κ2) is 4.59. The van der Waals surface area contributed by atoms with Gasteiger partial charge in [0.15, 0.2) is 0 Å². The van der Waals surface area contributed by atoms with Crippen molar-refractivity contribution in [3.05, 3.63) is 34.1 Å². The minimum absolute atomic E-state index is 0.322. The number of benzene rings is 1. The van der Waals surface area contributed by atoms with Crippen LogP contribution in [0.5, 0.6) is 0 Å². The molecule has 1 unspecified atom stereocenters. The van der Waals surface area contributed by atoms with Gasteiger partial charge in [0.2, 0.25) is 5.91 Å². The van der Waals surface area contributed by atoms with E-state index in [-0.39, 0.29) is 5.69 Å². The Labute approximate surface area is 102 Å². The fraction of sp³-hybridized carbons (Fsp3) is 0.364. The Balaban J connectivity index is 2.38. The molecule has 0 spiro atoms. The monoisotopic (exact) mass is 253 g/mol. The third-order valence-corrected chi connectivity index (χ3v) is 2.99. The Hall–Kier alpha value is -2.18. The minimum Gasteiger partial charge on any atom is -0.368 e. The number of nitrogens with two attached hydrogens (primary N) is 1. The number of amides is 1. The Morgan fingerprint density at radius 2 is 2.22 bits per heavy atom. The summed E-state index contributed by atoms with van der Waals surface area (Å²) in [7, 11) is 0. The van der Waals surface area contributed by atoms with Crippen LogP contribution in [0.2, 0.25) is 0 Å². The van der Waals surface area contributed by atoms with Gasteiger partial charge in [0.05, 0.1) is 11.0 Å². The molecule has 1 aromatic carbocycles. The first-order valence-electron chi connectivity index (χ1n) is 5.50. The molecule has 1 aromatic rings. The molecule has 2 N–H and O–H groups in total. The molecular formula is C11H12FN3O3. The molecule has 0 saturated carbocycles. The van der Waals surface area contributed by atoms with Crippen molar-refractivity contribution in [2.24, 2.45) is 5.73 Å². The number of primary amides is 1. The zero-order valence-electron chi connectivity index (χ0n) is 9.51. The van der Waals surface area contributed by atoms with E-state index < -0.39 is 22.7 Å². The molecule has 2 rings (SSSR count). The molecule has 1 heterocycles. The molecule has 18 heavy (non-hydrogen) atoms. The van der Waals surface area contributed by atoms with Gasteiger partial charge < -0.3 is 10.6 Å². The van der Waals surface area contributed by atoms with Crippen LogP contribution in [0, 0.1) is 15.9 Å². The molecule has 6 nitrogen and oxygen atoms in total. The number of hydrogen-bond donors (Lipinski definition) is 1. The van der Waals surface area contributed by atoms with Gasteiger partial charge >= 0.3 is 0 Å². The van der Waals surface area contributed by atoms with Crippen molar-refractivity contribution in [1.29, 1.82) is 0 Å². The lowest BCUT2D eigenvalue weighted by Gasteiger charge is -2.24. The Kier molecular flexibility index (Phi) is 3.14. The lowest BCUT2D eigenvalue weighted by atomic mass is 10.2. The Bertz CT molecular complexity index is 506. The number of non-ortho nitro benzene ring substituents is 1. The minimum atomic E-state index is -0.700. The van der Waals surface area contributed by atoms with E-state index >= 15 is 0 Å². The van der Waals surface area contributed by atoms with Gasteiger partial charge in [0.25, 0.3) is 5.69 Å². The second-order valence-corrected chi connectivity index (χ2v) is 4.18.